The minimum atomic E-state index is -0.268. The Kier molecular flexibility index (Phi) is 4.28. The average Bonchev–Trinajstić information content (AvgIpc) is 3.34. The summed E-state index contributed by atoms with van der Waals surface area (Å²) in [5.74, 6) is 0.339. The molecule has 26 heavy (non-hydrogen) atoms. The molecule has 0 saturated carbocycles. The van der Waals surface area contributed by atoms with Gasteiger partial charge in [0.2, 0.25) is 0 Å². The number of carbonyl (C=O) groups excluding carboxylic acids is 1. The summed E-state index contributed by atoms with van der Waals surface area (Å²) in [5, 5.41) is 10.0. The average molecular weight is 361 g/mol. The normalized spacial score (nSPS) is 10.8. The van der Waals surface area contributed by atoms with Crippen LogP contribution in [0.4, 0.5) is 0 Å². The van der Waals surface area contributed by atoms with Crippen molar-refractivity contribution in [3.05, 3.63) is 72.5 Å². The van der Waals surface area contributed by atoms with Gasteiger partial charge in [-0.05, 0) is 29.6 Å². The molecule has 128 valence electrons. The van der Waals surface area contributed by atoms with Gasteiger partial charge in [-0.1, -0.05) is 18.2 Å². The van der Waals surface area contributed by atoms with Crippen molar-refractivity contribution in [1.82, 2.24) is 25.1 Å². The van der Waals surface area contributed by atoms with E-state index in [1.165, 1.54) is 0 Å². The first-order valence-electron chi connectivity index (χ1n) is 8.01. The molecule has 4 aromatic rings. The van der Waals surface area contributed by atoms with Gasteiger partial charge in [0.05, 0.1) is 5.39 Å². The van der Waals surface area contributed by atoms with Crippen molar-refractivity contribution in [2.24, 2.45) is 0 Å². The van der Waals surface area contributed by atoms with Gasteiger partial charge in [0.1, 0.15) is 0 Å². The van der Waals surface area contributed by atoms with E-state index in [1.54, 1.807) is 34.5 Å². The second-order valence-electron chi connectivity index (χ2n) is 5.48. The number of rotatable bonds is 5. The van der Waals surface area contributed by atoms with E-state index >= 15 is 0 Å². The summed E-state index contributed by atoms with van der Waals surface area (Å²) in [6, 6.07) is 11.4. The van der Waals surface area contributed by atoms with Gasteiger partial charge in [-0.3, -0.25) is 4.79 Å². The molecule has 0 fully saturated rings. The summed E-state index contributed by atoms with van der Waals surface area (Å²) in [4.78, 5) is 22.6. The Labute approximate surface area is 153 Å². The number of hydrogen-bond acceptors (Lipinski definition) is 5. The molecule has 4 heterocycles. The van der Waals surface area contributed by atoms with Crippen LogP contribution in [-0.4, -0.2) is 32.2 Å². The summed E-state index contributed by atoms with van der Waals surface area (Å²) >= 11 is 1.61. The van der Waals surface area contributed by atoms with Gasteiger partial charge in [-0.25, -0.2) is 9.97 Å². The zero-order valence-corrected chi connectivity index (χ0v) is 14.6. The first kappa shape index (κ1) is 16.2. The van der Waals surface area contributed by atoms with Gasteiger partial charge < -0.3 is 5.32 Å². The van der Waals surface area contributed by atoms with E-state index < -0.39 is 0 Å². The maximum atomic E-state index is 12.7. The molecule has 0 atom stereocenters. The molecule has 0 aliphatic heterocycles. The van der Waals surface area contributed by atoms with Crippen LogP contribution in [0.1, 0.15) is 10.5 Å². The van der Waals surface area contributed by atoms with Crippen LogP contribution in [0.5, 0.6) is 0 Å². The molecule has 0 aromatic carbocycles. The Morgan fingerprint density at radius 2 is 2.12 bits per heavy atom. The maximum absolute atomic E-state index is 12.7. The number of carbonyl (C=O) groups is 1. The fourth-order valence-electron chi connectivity index (χ4n) is 2.73. The summed E-state index contributed by atoms with van der Waals surface area (Å²) in [5.41, 5.74) is 1.85. The van der Waals surface area contributed by atoms with Crippen LogP contribution in [0, 0.1) is 0 Å². The van der Waals surface area contributed by atoms with E-state index in [1.807, 2.05) is 41.8 Å². The second kappa shape index (κ2) is 6.89. The maximum Gasteiger partial charge on any atom is 0.272 e. The summed E-state index contributed by atoms with van der Waals surface area (Å²) < 4.78 is 1.61. The third-order valence-electron chi connectivity index (χ3n) is 3.84. The van der Waals surface area contributed by atoms with E-state index in [4.69, 9.17) is 0 Å². The highest BCUT2D eigenvalue weighted by molar-refractivity contribution is 7.13. The smallest absolute Gasteiger partial charge is 0.272 e. The number of nitrogens with zero attached hydrogens (tertiary/aromatic N) is 4. The molecular formula is C19H15N5OS. The van der Waals surface area contributed by atoms with Crippen LogP contribution < -0.4 is 5.32 Å². The number of hydrogen-bond donors (Lipinski definition) is 1. The molecule has 0 aliphatic carbocycles. The second-order valence-corrected chi connectivity index (χ2v) is 6.43. The van der Waals surface area contributed by atoms with E-state index in [0.717, 1.165) is 10.4 Å². The van der Waals surface area contributed by atoms with Crippen molar-refractivity contribution >= 4 is 28.3 Å². The lowest BCUT2D eigenvalue weighted by atomic mass is 10.1. The van der Waals surface area contributed by atoms with Crippen molar-refractivity contribution in [2.45, 2.75) is 0 Å². The Balaban J connectivity index is 1.99. The summed E-state index contributed by atoms with van der Waals surface area (Å²) in [6.45, 7) is 4.01. The number of fused-ring (bicyclic) bond motifs is 1. The Morgan fingerprint density at radius 1 is 1.19 bits per heavy atom. The van der Waals surface area contributed by atoms with Crippen LogP contribution >= 0.6 is 11.3 Å². The Hall–Kier alpha value is -3.32. The first-order chi connectivity index (χ1) is 12.8. The monoisotopic (exact) mass is 361 g/mol. The fraction of sp³-hybridized carbons (Fsp3) is 0.0526. The third-order valence-corrected chi connectivity index (χ3v) is 4.75. The molecule has 0 radical (unpaired) electrons. The van der Waals surface area contributed by atoms with E-state index in [2.05, 4.69) is 27.0 Å². The highest BCUT2D eigenvalue weighted by atomic mass is 32.1. The molecule has 7 heteroatoms. The Bertz CT molecular complexity index is 1070. The van der Waals surface area contributed by atoms with Gasteiger partial charge >= 0.3 is 0 Å². The Morgan fingerprint density at radius 3 is 2.85 bits per heavy atom. The summed E-state index contributed by atoms with van der Waals surface area (Å²) in [6.07, 6.45) is 5.04. The molecule has 4 rings (SSSR count). The molecule has 0 unspecified atom stereocenters. The number of aromatic nitrogens is 4. The van der Waals surface area contributed by atoms with Gasteiger partial charge in [0, 0.05) is 29.4 Å². The highest BCUT2D eigenvalue weighted by Gasteiger charge is 2.22. The standard InChI is InChI=1S/C19H15N5OS/c1-2-9-22-19(25)17-16-13(14-6-5-12-26-14)8-11-21-18(16)24(23-17)15-7-3-4-10-20-15/h2-8,10-12H,1,9H2,(H,22,25). The molecular weight excluding hydrogens is 346 g/mol. The molecule has 1 N–H and O–H groups in total. The molecule has 0 spiro atoms. The molecule has 0 bridgehead atoms. The van der Waals surface area contributed by atoms with Gasteiger partial charge in [0.15, 0.2) is 17.2 Å². The number of pyridine rings is 2. The fourth-order valence-corrected chi connectivity index (χ4v) is 3.48. The van der Waals surface area contributed by atoms with Gasteiger partial charge in [0.25, 0.3) is 5.91 Å². The highest BCUT2D eigenvalue weighted by Crippen LogP contribution is 2.33. The minimum absolute atomic E-state index is 0.268. The lowest BCUT2D eigenvalue weighted by Crippen LogP contribution is -2.24. The van der Waals surface area contributed by atoms with Crippen LogP contribution in [0.2, 0.25) is 0 Å². The zero-order valence-electron chi connectivity index (χ0n) is 13.8. The summed E-state index contributed by atoms with van der Waals surface area (Å²) in [7, 11) is 0. The van der Waals surface area contributed by atoms with Crippen LogP contribution in [-0.2, 0) is 0 Å². The minimum Gasteiger partial charge on any atom is -0.347 e. The largest absolute Gasteiger partial charge is 0.347 e. The van der Waals surface area contributed by atoms with Crippen molar-refractivity contribution in [1.29, 1.82) is 0 Å². The molecule has 0 saturated heterocycles. The molecule has 0 aliphatic rings. The van der Waals surface area contributed by atoms with Crippen molar-refractivity contribution < 1.29 is 4.79 Å². The lowest BCUT2D eigenvalue weighted by Gasteiger charge is -2.03. The quantitative estimate of drug-likeness (QED) is 0.553. The van der Waals surface area contributed by atoms with Gasteiger partial charge in [-0.2, -0.15) is 9.78 Å². The first-order valence-corrected chi connectivity index (χ1v) is 8.89. The van der Waals surface area contributed by atoms with E-state index in [9.17, 15) is 4.79 Å². The number of nitrogens with one attached hydrogen (secondary N) is 1. The molecule has 6 nitrogen and oxygen atoms in total. The predicted molar refractivity (Wildman–Crippen MR) is 103 cm³/mol. The third kappa shape index (κ3) is 2.78. The van der Waals surface area contributed by atoms with Crippen LogP contribution in [0.3, 0.4) is 0 Å². The number of amides is 1. The SMILES string of the molecule is C=CCNC(=O)c1nn(-c2ccccn2)c2nccc(-c3cccs3)c12. The molecule has 1 amide bonds. The number of thiophene rings is 1. The van der Waals surface area contributed by atoms with Crippen molar-refractivity contribution in [3.8, 4) is 16.3 Å². The van der Waals surface area contributed by atoms with E-state index in [0.29, 0.717) is 29.1 Å². The zero-order chi connectivity index (χ0) is 17.9. The molecule has 4 aromatic heterocycles. The van der Waals surface area contributed by atoms with Crippen LogP contribution in [0.15, 0.2) is 66.8 Å². The van der Waals surface area contributed by atoms with Gasteiger partial charge in [-0.15, -0.1) is 17.9 Å². The van der Waals surface area contributed by atoms with Crippen molar-refractivity contribution in [2.75, 3.05) is 6.54 Å². The topological polar surface area (TPSA) is 72.7 Å². The van der Waals surface area contributed by atoms with E-state index in [-0.39, 0.29) is 5.91 Å². The van der Waals surface area contributed by atoms with Crippen LogP contribution in [0.25, 0.3) is 27.3 Å². The lowest BCUT2D eigenvalue weighted by molar-refractivity contribution is 0.0954. The predicted octanol–water partition coefficient (Wildman–Crippen LogP) is 3.46. The van der Waals surface area contributed by atoms with Crippen molar-refractivity contribution in [3.63, 3.8) is 0 Å².